The lowest BCUT2D eigenvalue weighted by Crippen LogP contribution is -2.49. The molecule has 1 unspecified atom stereocenters. The van der Waals surface area contributed by atoms with Crippen LogP contribution in [0.1, 0.15) is 22.0 Å². The third kappa shape index (κ3) is 3.99. The van der Waals surface area contributed by atoms with E-state index in [0.717, 1.165) is 44.1 Å². The van der Waals surface area contributed by atoms with Gasteiger partial charge < -0.3 is 20.0 Å². The topological polar surface area (TPSA) is 51.7 Å². The largest absolute Gasteiger partial charge is 0.354 e. The highest BCUT2D eigenvalue weighted by atomic mass is 35.5. The highest BCUT2D eigenvalue weighted by molar-refractivity contribution is 6.31. The molecule has 4 rings (SSSR count). The predicted molar refractivity (Wildman–Crippen MR) is 112 cm³/mol. The van der Waals surface area contributed by atoms with Crippen LogP contribution in [0.3, 0.4) is 0 Å². The van der Waals surface area contributed by atoms with E-state index < -0.39 is 0 Å². The molecule has 0 radical (unpaired) electrons. The number of rotatable bonds is 3. The van der Waals surface area contributed by atoms with Crippen LogP contribution in [0.15, 0.2) is 42.6 Å². The van der Waals surface area contributed by atoms with Crippen LogP contribution in [0.5, 0.6) is 0 Å². The minimum absolute atomic E-state index is 0.0317. The minimum Gasteiger partial charge on any atom is -0.354 e. The molecule has 0 saturated carbocycles. The first kappa shape index (κ1) is 19.2. The first-order valence-corrected chi connectivity index (χ1v) is 10.2. The molecule has 148 valence electrons. The number of piperazine rings is 2. The molecule has 0 spiro atoms. The number of hydrogen-bond acceptors (Lipinski definition) is 5. The number of halogens is 1. The van der Waals surface area contributed by atoms with Crippen molar-refractivity contribution >= 4 is 23.3 Å². The Morgan fingerprint density at radius 1 is 1.14 bits per heavy atom. The number of aromatic nitrogens is 1. The summed E-state index contributed by atoms with van der Waals surface area (Å²) in [5, 5.41) is 4.08. The number of anilines is 1. The Kier molecular flexibility index (Phi) is 5.80. The smallest absolute Gasteiger partial charge is 0.254 e. The molecule has 0 bridgehead atoms. The van der Waals surface area contributed by atoms with Crippen molar-refractivity contribution < 1.29 is 4.79 Å². The van der Waals surface area contributed by atoms with Crippen LogP contribution in [0.2, 0.25) is 5.02 Å². The average molecular weight is 400 g/mol. The van der Waals surface area contributed by atoms with Crippen LogP contribution < -0.4 is 10.2 Å². The normalized spacial score (nSPS) is 21.0. The lowest BCUT2D eigenvalue weighted by atomic mass is 10.0. The molecule has 1 N–H and O–H groups in total. The second-order valence-corrected chi connectivity index (χ2v) is 7.84. The number of benzene rings is 1. The van der Waals surface area contributed by atoms with Gasteiger partial charge in [0.2, 0.25) is 0 Å². The molecular formula is C21H26ClN5O. The number of amides is 1. The number of nitrogens with one attached hydrogen (secondary N) is 1. The van der Waals surface area contributed by atoms with E-state index in [0.29, 0.717) is 23.7 Å². The second-order valence-electron chi connectivity index (χ2n) is 7.43. The van der Waals surface area contributed by atoms with Crippen molar-refractivity contribution in [1.29, 1.82) is 0 Å². The van der Waals surface area contributed by atoms with Crippen LogP contribution in [-0.2, 0) is 0 Å². The lowest BCUT2D eigenvalue weighted by molar-refractivity contribution is 0.0634. The molecule has 1 aromatic heterocycles. The van der Waals surface area contributed by atoms with Crippen molar-refractivity contribution in [3.8, 4) is 0 Å². The summed E-state index contributed by atoms with van der Waals surface area (Å²) in [5.41, 5.74) is 1.67. The maximum atomic E-state index is 13.4. The standard InChI is InChI=1S/C21H26ClN5O/c1-25-10-12-26(13-11-25)20-14-16(6-7-24-20)21(28)27-9-8-23-15-19(27)17-4-2-3-5-18(17)22/h2-7,14,19,23H,8-13,15H2,1H3. The molecule has 2 fully saturated rings. The fourth-order valence-corrected chi connectivity index (χ4v) is 4.16. The van der Waals surface area contributed by atoms with Crippen LogP contribution >= 0.6 is 11.6 Å². The van der Waals surface area contributed by atoms with Crippen LogP contribution in [0.4, 0.5) is 5.82 Å². The van der Waals surface area contributed by atoms with Gasteiger partial charge in [-0.05, 0) is 30.8 Å². The SMILES string of the molecule is CN1CCN(c2cc(C(=O)N3CCNCC3c3ccccc3Cl)ccn2)CC1. The molecule has 7 heteroatoms. The molecule has 1 atom stereocenters. The van der Waals surface area contributed by atoms with Gasteiger partial charge in [0.15, 0.2) is 0 Å². The van der Waals surface area contributed by atoms with Crippen molar-refractivity contribution in [2.75, 3.05) is 57.8 Å². The fraction of sp³-hybridized carbons (Fsp3) is 0.429. The van der Waals surface area contributed by atoms with E-state index in [1.807, 2.05) is 41.3 Å². The van der Waals surface area contributed by atoms with Crippen molar-refractivity contribution in [3.63, 3.8) is 0 Å². The monoisotopic (exact) mass is 399 g/mol. The maximum Gasteiger partial charge on any atom is 0.254 e. The van der Waals surface area contributed by atoms with E-state index in [4.69, 9.17) is 11.6 Å². The summed E-state index contributed by atoms with van der Waals surface area (Å²) in [7, 11) is 2.13. The summed E-state index contributed by atoms with van der Waals surface area (Å²) in [6, 6.07) is 11.4. The Morgan fingerprint density at radius 3 is 2.71 bits per heavy atom. The van der Waals surface area contributed by atoms with Gasteiger partial charge in [-0.25, -0.2) is 4.98 Å². The Bertz CT molecular complexity index is 837. The highest BCUT2D eigenvalue weighted by Gasteiger charge is 2.30. The average Bonchev–Trinajstić information content (AvgIpc) is 2.74. The third-order valence-corrected chi connectivity index (χ3v) is 5.93. The summed E-state index contributed by atoms with van der Waals surface area (Å²) in [6.07, 6.45) is 1.74. The Labute approximate surface area is 171 Å². The number of hydrogen-bond donors (Lipinski definition) is 1. The van der Waals surface area contributed by atoms with Gasteiger partial charge in [-0.3, -0.25) is 4.79 Å². The summed E-state index contributed by atoms with van der Waals surface area (Å²) in [4.78, 5) is 24.4. The second kappa shape index (κ2) is 8.47. The Balaban J connectivity index is 1.57. The fourth-order valence-electron chi connectivity index (χ4n) is 3.90. The van der Waals surface area contributed by atoms with E-state index >= 15 is 0 Å². The molecule has 6 nitrogen and oxygen atoms in total. The van der Waals surface area contributed by atoms with E-state index in [1.54, 1.807) is 6.20 Å². The van der Waals surface area contributed by atoms with Gasteiger partial charge in [0, 0.05) is 62.6 Å². The number of carbonyl (C=O) groups excluding carboxylic acids is 1. The van der Waals surface area contributed by atoms with Crippen LogP contribution in [0, 0.1) is 0 Å². The first-order valence-electron chi connectivity index (χ1n) is 9.79. The summed E-state index contributed by atoms with van der Waals surface area (Å²) in [5.74, 6) is 0.910. The molecule has 1 aromatic carbocycles. The molecule has 2 aliphatic heterocycles. The van der Waals surface area contributed by atoms with E-state index in [2.05, 4.69) is 27.1 Å². The zero-order valence-corrected chi connectivity index (χ0v) is 16.9. The zero-order chi connectivity index (χ0) is 19.5. The minimum atomic E-state index is -0.0739. The Morgan fingerprint density at radius 2 is 1.93 bits per heavy atom. The molecule has 28 heavy (non-hydrogen) atoms. The van der Waals surface area contributed by atoms with Crippen molar-refractivity contribution in [2.45, 2.75) is 6.04 Å². The van der Waals surface area contributed by atoms with Crippen molar-refractivity contribution in [3.05, 3.63) is 58.7 Å². The van der Waals surface area contributed by atoms with E-state index in [-0.39, 0.29) is 11.9 Å². The van der Waals surface area contributed by atoms with Crippen molar-refractivity contribution in [1.82, 2.24) is 20.1 Å². The van der Waals surface area contributed by atoms with E-state index in [9.17, 15) is 4.79 Å². The van der Waals surface area contributed by atoms with Gasteiger partial charge >= 0.3 is 0 Å². The zero-order valence-electron chi connectivity index (χ0n) is 16.1. The predicted octanol–water partition coefficient (Wildman–Crippen LogP) is 2.27. The first-order chi connectivity index (χ1) is 13.6. The van der Waals surface area contributed by atoms with Gasteiger partial charge in [-0.2, -0.15) is 0 Å². The molecule has 2 saturated heterocycles. The number of likely N-dealkylation sites (N-methyl/N-ethyl adjacent to an activating group) is 1. The van der Waals surface area contributed by atoms with Gasteiger partial charge in [-0.15, -0.1) is 0 Å². The summed E-state index contributed by atoms with van der Waals surface area (Å²) >= 11 is 6.43. The van der Waals surface area contributed by atoms with Gasteiger partial charge in [0.05, 0.1) is 6.04 Å². The maximum absolute atomic E-state index is 13.4. The quantitative estimate of drug-likeness (QED) is 0.858. The van der Waals surface area contributed by atoms with Gasteiger partial charge in [0.1, 0.15) is 5.82 Å². The number of pyridine rings is 1. The molecule has 0 aliphatic carbocycles. The van der Waals surface area contributed by atoms with Gasteiger partial charge in [-0.1, -0.05) is 29.8 Å². The van der Waals surface area contributed by atoms with Crippen LogP contribution in [-0.4, -0.2) is 73.6 Å². The molecule has 2 aromatic rings. The Hall–Kier alpha value is -2.15. The van der Waals surface area contributed by atoms with Crippen molar-refractivity contribution in [2.24, 2.45) is 0 Å². The van der Waals surface area contributed by atoms with Crippen LogP contribution in [0.25, 0.3) is 0 Å². The molecule has 3 heterocycles. The number of nitrogens with zero attached hydrogens (tertiary/aromatic N) is 4. The number of carbonyl (C=O) groups is 1. The summed E-state index contributed by atoms with van der Waals surface area (Å²) < 4.78 is 0. The highest BCUT2D eigenvalue weighted by Crippen LogP contribution is 2.30. The molecular weight excluding hydrogens is 374 g/mol. The van der Waals surface area contributed by atoms with Gasteiger partial charge in [0.25, 0.3) is 5.91 Å². The lowest BCUT2D eigenvalue weighted by Gasteiger charge is -2.37. The third-order valence-electron chi connectivity index (χ3n) is 5.59. The van der Waals surface area contributed by atoms with E-state index in [1.165, 1.54) is 0 Å². The molecule has 1 amide bonds. The summed E-state index contributed by atoms with van der Waals surface area (Å²) in [6.45, 7) is 6.00. The molecule has 2 aliphatic rings.